The summed E-state index contributed by atoms with van der Waals surface area (Å²) in [5, 5.41) is 19.8. The minimum absolute atomic E-state index is 0.224. The highest BCUT2D eigenvalue weighted by Gasteiger charge is 2.41. The summed E-state index contributed by atoms with van der Waals surface area (Å²) in [6.07, 6.45) is 13.7. The Hall–Kier alpha value is -1.80. The van der Waals surface area contributed by atoms with Gasteiger partial charge in [-0.15, -0.1) is 0 Å². The molecule has 0 fully saturated rings. The molecule has 2 atom stereocenters. The lowest BCUT2D eigenvalue weighted by Gasteiger charge is -2.19. The predicted octanol–water partition coefficient (Wildman–Crippen LogP) is 4.69. The average Bonchev–Trinajstić information content (AvgIpc) is 3.07. The van der Waals surface area contributed by atoms with Gasteiger partial charge in [0.05, 0.1) is 0 Å². The zero-order valence-electron chi connectivity index (χ0n) is 19.8. The lowest BCUT2D eigenvalue weighted by atomic mass is 10.0. The van der Waals surface area contributed by atoms with Crippen LogP contribution in [-0.4, -0.2) is 54.9 Å². The average molecular weight is 459 g/mol. The lowest BCUT2D eigenvalue weighted by Crippen LogP contribution is -2.34. The number of carbonyl (C=O) groups is 2. The van der Waals surface area contributed by atoms with Crippen molar-refractivity contribution in [2.24, 2.45) is 0 Å². The van der Waals surface area contributed by atoms with Crippen LogP contribution in [0, 0.1) is 0 Å². The predicted molar refractivity (Wildman–Crippen MR) is 120 cm³/mol. The summed E-state index contributed by atoms with van der Waals surface area (Å²) in [6.45, 7) is 1.66. The number of aliphatic hydroxyl groups is 2. The minimum atomic E-state index is -1.34. The molecule has 0 saturated carbocycles. The summed E-state index contributed by atoms with van der Waals surface area (Å²) in [6, 6.07) is 0. The van der Waals surface area contributed by atoms with E-state index >= 15 is 0 Å². The molecule has 186 valence electrons. The number of unbranched alkanes of at least 4 members (excludes halogenated alkanes) is 12. The molecule has 1 rings (SSSR count). The van der Waals surface area contributed by atoms with E-state index in [1.807, 2.05) is 0 Å². The van der Waals surface area contributed by atoms with Gasteiger partial charge in [0.15, 0.2) is 18.7 Å². The van der Waals surface area contributed by atoms with Crippen LogP contribution in [0.4, 0.5) is 0 Å². The van der Waals surface area contributed by atoms with Crippen molar-refractivity contribution in [3.05, 3.63) is 11.5 Å². The van der Waals surface area contributed by atoms with E-state index in [4.69, 9.17) is 18.9 Å². The third-order valence-electron chi connectivity index (χ3n) is 5.50. The van der Waals surface area contributed by atoms with Gasteiger partial charge in [-0.1, -0.05) is 84.0 Å². The van der Waals surface area contributed by atoms with E-state index in [1.165, 1.54) is 71.3 Å². The Bertz CT molecular complexity index is 560. The number of rotatable bonds is 20. The monoisotopic (exact) mass is 458 g/mol. The standard InChI is InChI=1S/C24H42O8/c1-3-4-5-6-7-8-9-10-11-12-13-14-15-16-20(26)30-17-19(25)22-23(31-18-29-2)21(27)24(28)32-22/h19,22,25,27H,3-18H2,1-2H3/t19?,22-/m1/s1. The molecule has 0 amide bonds. The molecule has 32 heavy (non-hydrogen) atoms. The van der Waals surface area contributed by atoms with Crippen molar-refractivity contribution in [2.75, 3.05) is 20.5 Å². The van der Waals surface area contributed by atoms with Gasteiger partial charge in [-0.25, -0.2) is 4.79 Å². The number of hydrogen-bond donors (Lipinski definition) is 2. The quantitative estimate of drug-likeness (QED) is 0.154. The van der Waals surface area contributed by atoms with E-state index in [0.717, 1.165) is 19.3 Å². The topological polar surface area (TPSA) is 112 Å². The van der Waals surface area contributed by atoms with Gasteiger partial charge in [-0.2, -0.15) is 0 Å². The molecule has 0 radical (unpaired) electrons. The summed E-state index contributed by atoms with van der Waals surface area (Å²) in [4.78, 5) is 23.4. The second-order valence-electron chi connectivity index (χ2n) is 8.33. The Morgan fingerprint density at radius 2 is 1.50 bits per heavy atom. The number of carbonyl (C=O) groups excluding carboxylic acids is 2. The molecule has 8 heteroatoms. The molecule has 8 nitrogen and oxygen atoms in total. The van der Waals surface area contributed by atoms with Crippen LogP contribution in [0.2, 0.25) is 0 Å². The van der Waals surface area contributed by atoms with E-state index in [-0.39, 0.29) is 25.6 Å². The van der Waals surface area contributed by atoms with E-state index in [2.05, 4.69) is 6.92 Å². The van der Waals surface area contributed by atoms with Gasteiger partial charge in [0.1, 0.15) is 12.7 Å². The van der Waals surface area contributed by atoms with Crippen LogP contribution < -0.4 is 0 Å². The second-order valence-corrected chi connectivity index (χ2v) is 8.33. The van der Waals surface area contributed by atoms with Crippen LogP contribution >= 0.6 is 0 Å². The maximum Gasteiger partial charge on any atom is 0.378 e. The van der Waals surface area contributed by atoms with Gasteiger partial charge >= 0.3 is 11.9 Å². The molecule has 0 aromatic rings. The molecular formula is C24H42O8. The van der Waals surface area contributed by atoms with Crippen molar-refractivity contribution < 1.29 is 38.7 Å². The minimum Gasteiger partial charge on any atom is -0.499 e. The van der Waals surface area contributed by atoms with Gasteiger partial charge in [-0.3, -0.25) is 4.79 Å². The number of ether oxygens (including phenoxy) is 4. The fourth-order valence-corrected chi connectivity index (χ4v) is 3.61. The SMILES string of the molecule is CCCCCCCCCCCCCCCC(=O)OCC(O)[C@H]1OC(=O)C(O)=C1OCOC. The van der Waals surface area contributed by atoms with Crippen LogP contribution in [0.1, 0.15) is 96.8 Å². The third kappa shape index (κ3) is 11.7. The second kappa shape index (κ2) is 17.7. The smallest absolute Gasteiger partial charge is 0.378 e. The van der Waals surface area contributed by atoms with Gasteiger partial charge in [0.25, 0.3) is 0 Å². The Labute approximate surface area is 192 Å². The molecule has 1 aliphatic heterocycles. The van der Waals surface area contributed by atoms with E-state index in [9.17, 15) is 19.8 Å². The highest BCUT2D eigenvalue weighted by atomic mass is 16.7. The Kier molecular flexibility index (Phi) is 15.6. The summed E-state index contributed by atoms with van der Waals surface area (Å²) in [5.41, 5.74) is 0. The summed E-state index contributed by atoms with van der Waals surface area (Å²) in [5.74, 6) is -2.36. The number of methoxy groups -OCH3 is 1. The number of cyclic esters (lactones) is 1. The maximum atomic E-state index is 11.9. The fraction of sp³-hybridized carbons (Fsp3) is 0.833. The van der Waals surface area contributed by atoms with E-state index in [0.29, 0.717) is 0 Å². The third-order valence-corrected chi connectivity index (χ3v) is 5.50. The number of esters is 2. The van der Waals surface area contributed by atoms with Gasteiger partial charge in [-0.05, 0) is 6.42 Å². The first-order valence-corrected chi connectivity index (χ1v) is 12.1. The summed E-state index contributed by atoms with van der Waals surface area (Å²) < 4.78 is 19.8. The first kappa shape index (κ1) is 28.2. The molecule has 1 heterocycles. The Morgan fingerprint density at radius 3 is 2.03 bits per heavy atom. The zero-order chi connectivity index (χ0) is 23.6. The number of hydrogen-bond acceptors (Lipinski definition) is 8. The largest absolute Gasteiger partial charge is 0.499 e. The first-order chi connectivity index (χ1) is 15.5. The maximum absolute atomic E-state index is 11.9. The van der Waals surface area contributed by atoms with Crippen LogP contribution in [0.3, 0.4) is 0 Å². The molecular weight excluding hydrogens is 416 g/mol. The summed E-state index contributed by atoms with van der Waals surface area (Å²) >= 11 is 0. The van der Waals surface area contributed by atoms with Crippen molar-refractivity contribution in [1.82, 2.24) is 0 Å². The molecule has 0 spiro atoms. The van der Waals surface area contributed by atoms with Crippen LogP contribution in [0.25, 0.3) is 0 Å². The van der Waals surface area contributed by atoms with Crippen molar-refractivity contribution >= 4 is 11.9 Å². The van der Waals surface area contributed by atoms with Crippen LogP contribution in [0.15, 0.2) is 11.5 Å². The Morgan fingerprint density at radius 1 is 0.969 bits per heavy atom. The molecule has 0 aromatic carbocycles. The van der Waals surface area contributed by atoms with Crippen molar-refractivity contribution in [2.45, 2.75) is 109 Å². The van der Waals surface area contributed by atoms with Crippen LogP contribution in [0.5, 0.6) is 0 Å². The Balaban J connectivity index is 2.04. The van der Waals surface area contributed by atoms with Crippen molar-refractivity contribution in [3.63, 3.8) is 0 Å². The van der Waals surface area contributed by atoms with Crippen LogP contribution in [-0.2, 0) is 28.5 Å². The molecule has 0 bridgehead atoms. The van der Waals surface area contributed by atoms with E-state index < -0.39 is 29.9 Å². The molecule has 0 aromatic heterocycles. The zero-order valence-corrected chi connectivity index (χ0v) is 19.8. The fourth-order valence-electron chi connectivity index (χ4n) is 3.61. The van der Waals surface area contributed by atoms with Crippen molar-refractivity contribution in [1.29, 1.82) is 0 Å². The molecule has 1 aliphatic rings. The molecule has 2 N–H and O–H groups in total. The van der Waals surface area contributed by atoms with E-state index in [1.54, 1.807) is 0 Å². The highest BCUT2D eigenvalue weighted by Crippen LogP contribution is 2.25. The lowest BCUT2D eigenvalue weighted by molar-refractivity contribution is -0.155. The normalized spacial score (nSPS) is 16.8. The molecule has 0 aliphatic carbocycles. The highest BCUT2D eigenvalue weighted by molar-refractivity contribution is 5.89. The first-order valence-electron chi connectivity index (χ1n) is 12.1. The van der Waals surface area contributed by atoms with Gasteiger partial charge in [0, 0.05) is 13.5 Å². The number of aliphatic hydroxyl groups excluding tert-OH is 2. The summed E-state index contributed by atoms with van der Waals surface area (Å²) in [7, 11) is 1.37. The van der Waals surface area contributed by atoms with Gasteiger partial charge in [0.2, 0.25) is 5.76 Å². The molecule has 1 unspecified atom stereocenters. The van der Waals surface area contributed by atoms with Gasteiger partial charge < -0.3 is 29.2 Å². The van der Waals surface area contributed by atoms with Crippen molar-refractivity contribution in [3.8, 4) is 0 Å². The molecule has 0 saturated heterocycles.